The normalized spacial score (nSPS) is 20.5. The number of hydrogen-bond acceptors (Lipinski definition) is 3. The van der Waals surface area contributed by atoms with E-state index < -0.39 is 0 Å². The Hall–Kier alpha value is -1.64. The minimum absolute atomic E-state index is 0.0895. The summed E-state index contributed by atoms with van der Waals surface area (Å²) in [5.41, 5.74) is 2.95. The summed E-state index contributed by atoms with van der Waals surface area (Å²) in [5, 5.41) is 0. The molecule has 3 nitrogen and oxygen atoms in total. The van der Waals surface area contributed by atoms with Gasteiger partial charge in [-0.3, -0.25) is 4.79 Å². The fourth-order valence-electron chi connectivity index (χ4n) is 3.97. The first-order valence-electron chi connectivity index (χ1n) is 8.97. The predicted molar refractivity (Wildman–Crippen MR) is 89.7 cm³/mol. The Morgan fingerprint density at radius 3 is 2.43 bits per heavy atom. The number of rotatable bonds is 3. The van der Waals surface area contributed by atoms with Gasteiger partial charge in [-0.25, -0.2) is 4.79 Å². The summed E-state index contributed by atoms with van der Waals surface area (Å²) in [6.07, 6.45) is 8.79. The number of ether oxygens (including phenoxy) is 1. The van der Waals surface area contributed by atoms with E-state index in [0.29, 0.717) is 30.1 Å². The van der Waals surface area contributed by atoms with E-state index in [4.69, 9.17) is 4.74 Å². The monoisotopic (exact) mass is 314 g/mol. The van der Waals surface area contributed by atoms with Gasteiger partial charge in [-0.2, -0.15) is 0 Å². The first-order valence-corrected chi connectivity index (χ1v) is 8.97. The summed E-state index contributed by atoms with van der Waals surface area (Å²) in [6, 6.07) is 5.93. The van der Waals surface area contributed by atoms with Gasteiger partial charge < -0.3 is 4.74 Å². The summed E-state index contributed by atoms with van der Waals surface area (Å²) >= 11 is 0. The highest BCUT2D eigenvalue weighted by atomic mass is 16.5. The molecule has 1 aromatic carbocycles. The first kappa shape index (κ1) is 16.2. The number of benzene rings is 1. The molecule has 0 heterocycles. The Kier molecular flexibility index (Phi) is 5.14. The second kappa shape index (κ2) is 7.29. The van der Waals surface area contributed by atoms with Crippen molar-refractivity contribution in [3.05, 3.63) is 34.9 Å². The van der Waals surface area contributed by atoms with Crippen molar-refractivity contribution in [2.45, 2.75) is 76.7 Å². The van der Waals surface area contributed by atoms with Crippen LogP contribution in [0.2, 0.25) is 0 Å². The highest BCUT2D eigenvalue weighted by molar-refractivity contribution is 5.91. The molecule has 0 spiro atoms. The van der Waals surface area contributed by atoms with E-state index in [1.807, 2.05) is 19.1 Å². The minimum Gasteiger partial charge on any atom is -0.459 e. The second-order valence-electron chi connectivity index (χ2n) is 7.00. The molecular formula is C20H26O3. The number of Topliss-reactive ketones (excluding diaryl/α,β-unsaturated/α-hetero) is 1. The lowest BCUT2D eigenvalue weighted by molar-refractivity contribution is -0.120. The molecule has 2 fully saturated rings. The Bertz CT molecular complexity index is 575. The van der Waals surface area contributed by atoms with Gasteiger partial charge in [-0.15, -0.1) is 0 Å². The van der Waals surface area contributed by atoms with Crippen LogP contribution in [0.1, 0.15) is 85.2 Å². The lowest BCUT2D eigenvalue weighted by Gasteiger charge is -2.25. The Labute approximate surface area is 138 Å². The van der Waals surface area contributed by atoms with Crippen molar-refractivity contribution in [3.63, 3.8) is 0 Å². The fourth-order valence-corrected chi connectivity index (χ4v) is 3.97. The van der Waals surface area contributed by atoms with E-state index in [2.05, 4.69) is 6.07 Å². The van der Waals surface area contributed by atoms with Crippen molar-refractivity contribution in [1.29, 1.82) is 0 Å². The molecular weight excluding hydrogens is 288 g/mol. The molecule has 3 heteroatoms. The van der Waals surface area contributed by atoms with Crippen LogP contribution in [0, 0.1) is 6.92 Å². The van der Waals surface area contributed by atoms with Crippen LogP contribution in [0.15, 0.2) is 18.2 Å². The van der Waals surface area contributed by atoms with Crippen LogP contribution < -0.4 is 0 Å². The number of esters is 1. The van der Waals surface area contributed by atoms with E-state index in [-0.39, 0.29) is 12.1 Å². The summed E-state index contributed by atoms with van der Waals surface area (Å²) in [7, 11) is 0. The lowest BCUT2D eigenvalue weighted by Crippen LogP contribution is -2.22. The smallest absolute Gasteiger partial charge is 0.338 e. The molecule has 0 saturated heterocycles. The van der Waals surface area contributed by atoms with Gasteiger partial charge in [0.05, 0.1) is 5.56 Å². The maximum Gasteiger partial charge on any atom is 0.338 e. The van der Waals surface area contributed by atoms with Gasteiger partial charge in [-0.1, -0.05) is 18.6 Å². The number of ketones is 1. The van der Waals surface area contributed by atoms with Gasteiger partial charge in [-0.05, 0) is 68.6 Å². The Balaban J connectivity index is 1.73. The van der Waals surface area contributed by atoms with Gasteiger partial charge >= 0.3 is 5.97 Å². The molecule has 0 bridgehead atoms. The van der Waals surface area contributed by atoms with Crippen molar-refractivity contribution >= 4 is 11.8 Å². The third-order valence-electron chi connectivity index (χ3n) is 5.40. The molecule has 0 amide bonds. The van der Waals surface area contributed by atoms with Crippen LogP contribution in [-0.2, 0) is 9.53 Å². The maximum absolute atomic E-state index is 12.5. The van der Waals surface area contributed by atoms with Crippen molar-refractivity contribution in [2.75, 3.05) is 0 Å². The Morgan fingerprint density at radius 2 is 1.74 bits per heavy atom. The number of carbonyl (C=O) groups is 2. The average Bonchev–Trinajstić information content (AvgIpc) is 2.57. The molecule has 2 aliphatic rings. The molecule has 0 aliphatic heterocycles. The zero-order valence-corrected chi connectivity index (χ0v) is 14.0. The van der Waals surface area contributed by atoms with Crippen molar-refractivity contribution in [1.82, 2.24) is 0 Å². The number of hydrogen-bond donors (Lipinski definition) is 0. The topological polar surface area (TPSA) is 43.4 Å². The second-order valence-corrected chi connectivity index (χ2v) is 7.00. The van der Waals surface area contributed by atoms with Gasteiger partial charge in [0.25, 0.3) is 0 Å². The SMILES string of the molecule is Cc1c(C(=O)OC2CCCCC2)cccc1C1CCC(=O)CC1. The molecule has 3 rings (SSSR count). The van der Waals surface area contributed by atoms with E-state index in [9.17, 15) is 9.59 Å². The standard InChI is InChI=1S/C20H26O3/c1-14-18(15-10-12-16(21)13-11-15)8-5-9-19(14)20(22)23-17-6-3-2-4-7-17/h5,8-9,15,17H,2-4,6-7,10-13H2,1H3. The molecule has 1 aromatic rings. The van der Waals surface area contributed by atoms with Crippen molar-refractivity contribution in [3.8, 4) is 0 Å². The zero-order chi connectivity index (χ0) is 16.2. The summed E-state index contributed by atoms with van der Waals surface area (Å²) in [4.78, 5) is 24.0. The highest BCUT2D eigenvalue weighted by Crippen LogP contribution is 2.34. The van der Waals surface area contributed by atoms with Crippen molar-refractivity contribution < 1.29 is 14.3 Å². The van der Waals surface area contributed by atoms with Crippen LogP contribution in [0.25, 0.3) is 0 Å². The van der Waals surface area contributed by atoms with Gasteiger partial charge in [0, 0.05) is 12.8 Å². The van der Waals surface area contributed by atoms with E-state index in [0.717, 1.165) is 44.1 Å². The third-order valence-corrected chi connectivity index (χ3v) is 5.40. The molecule has 0 atom stereocenters. The van der Waals surface area contributed by atoms with E-state index >= 15 is 0 Å². The Morgan fingerprint density at radius 1 is 1.04 bits per heavy atom. The highest BCUT2D eigenvalue weighted by Gasteiger charge is 2.25. The van der Waals surface area contributed by atoms with E-state index in [1.165, 1.54) is 12.0 Å². The van der Waals surface area contributed by atoms with Crippen LogP contribution in [0.5, 0.6) is 0 Å². The lowest BCUT2D eigenvalue weighted by atomic mass is 9.81. The molecule has 0 aromatic heterocycles. The molecule has 0 unspecified atom stereocenters. The van der Waals surface area contributed by atoms with Crippen LogP contribution in [-0.4, -0.2) is 17.9 Å². The summed E-state index contributed by atoms with van der Waals surface area (Å²) < 4.78 is 5.72. The molecule has 2 saturated carbocycles. The molecule has 2 aliphatic carbocycles. The third kappa shape index (κ3) is 3.82. The number of carbonyl (C=O) groups excluding carboxylic acids is 2. The summed E-state index contributed by atoms with van der Waals surface area (Å²) in [6.45, 7) is 2.02. The predicted octanol–water partition coefficient (Wildman–Crippen LogP) is 4.71. The molecule has 0 N–H and O–H groups in total. The molecule has 0 radical (unpaired) electrons. The van der Waals surface area contributed by atoms with Gasteiger partial charge in [0.2, 0.25) is 0 Å². The maximum atomic E-state index is 12.5. The van der Waals surface area contributed by atoms with Crippen LogP contribution >= 0.6 is 0 Å². The van der Waals surface area contributed by atoms with Crippen LogP contribution in [0.4, 0.5) is 0 Å². The fraction of sp³-hybridized carbons (Fsp3) is 0.600. The molecule has 124 valence electrons. The van der Waals surface area contributed by atoms with Gasteiger partial charge in [0.1, 0.15) is 11.9 Å². The largest absolute Gasteiger partial charge is 0.459 e. The minimum atomic E-state index is -0.178. The molecule has 23 heavy (non-hydrogen) atoms. The van der Waals surface area contributed by atoms with Crippen molar-refractivity contribution in [2.24, 2.45) is 0 Å². The van der Waals surface area contributed by atoms with Crippen LogP contribution in [0.3, 0.4) is 0 Å². The quantitative estimate of drug-likeness (QED) is 0.759. The summed E-state index contributed by atoms with van der Waals surface area (Å²) in [5.74, 6) is 0.588. The van der Waals surface area contributed by atoms with E-state index in [1.54, 1.807) is 0 Å². The zero-order valence-electron chi connectivity index (χ0n) is 14.0. The van der Waals surface area contributed by atoms with Gasteiger partial charge in [0.15, 0.2) is 0 Å². The average molecular weight is 314 g/mol. The first-order chi connectivity index (χ1) is 11.1.